The summed E-state index contributed by atoms with van der Waals surface area (Å²) in [7, 11) is 0. The number of rotatable bonds is 5. The highest BCUT2D eigenvalue weighted by Crippen LogP contribution is 2.21. The van der Waals surface area contributed by atoms with Crippen LogP contribution in [0, 0.1) is 0 Å². The van der Waals surface area contributed by atoms with Gasteiger partial charge in [-0.05, 0) is 41.8 Å². The molecule has 0 aliphatic heterocycles. The Morgan fingerprint density at radius 1 is 1.16 bits per heavy atom. The smallest absolute Gasteiger partial charge is 0.0406 e. The monoisotopic (exact) mass is 337 g/mol. The fourth-order valence-corrected chi connectivity index (χ4v) is 2.61. The molecular formula is C16H17BrClN. The van der Waals surface area contributed by atoms with Crippen LogP contribution >= 0.6 is 27.5 Å². The van der Waals surface area contributed by atoms with Crippen molar-refractivity contribution in [1.82, 2.24) is 5.32 Å². The molecule has 1 nitrogen and oxygen atoms in total. The zero-order valence-electron chi connectivity index (χ0n) is 10.9. The Kier molecular flexibility index (Phi) is 5.44. The normalized spacial score (nSPS) is 12.4. The van der Waals surface area contributed by atoms with Crippen molar-refractivity contribution >= 4 is 27.5 Å². The number of benzene rings is 2. The third-order valence-corrected chi connectivity index (χ3v) is 3.87. The maximum Gasteiger partial charge on any atom is 0.0406 e. The van der Waals surface area contributed by atoms with E-state index in [0.29, 0.717) is 6.04 Å². The Bertz CT molecular complexity index is 525. The molecule has 19 heavy (non-hydrogen) atoms. The van der Waals surface area contributed by atoms with E-state index in [0.717, 1.165) is 22.5 Å². The van der Waals surface area contributed by atoms with Gasteiger partial charge in [0.1, 0.15) is 0 Å². The van der Waals surface area contributed by atoms with Gasteiger partial charge in [0, 0.05) is 22.1 Å². The first kappa shape index (κ1) is 14.6. The Balaban J connectivity index is 2.01. The van der Waals surface area contributed by atoms with Crippen molar-refractivity contribution in [2.75, 3.05) is 0 Å². The molecule has 0 bridgehead atoms. The average molecular weight is 339 g/mol. The van der Waals surface area contributed by atoms with Gasteiger partial charge in [-0.25, -0.2) is 0 Å². The van der Waals surface area contributed by atoms with Crippen LogP contribution in [0.25, 0.3) is 0 Å². The van der Waals surface area contributed by atoms with Gasteiger partial charge in [0.05, 0.1) is 0 Å². The van der Waals surface area contributed by atoms with Gasteiger partial charge in [-0.2, -0.15) is 0 Å². The number of halogens is 2. The second-order valence-electron chi connectivity index (χ2n) is 4.52. The van der Waals surface area contributed by atoms with E-state index in [4.69, 9.17) is 11.6 Å². The molecule has 0 spiro atoms. The molecule has 0 aromatic heterocycles. The van der Waals surface area contributed by atoms with E-state index in [1.54, 1.807) is 0 Å². The van der Waals surface area contributed by atoms with Crippen LogP contribution in [0.3, 0.4) is 0 Å². The fourth-order valence-electron chi connectivity index (χ4n) is 2.06. The van der Waals surface area contributed by atoms with Gasteiger partial charge in [-0.3, -0.25) is 0 Å². The molecule has 0 saturated carbocycles. The van der Waals surface area contributed by atoms with Gasteiger partial charge in [0.2, 0.25) is 0 Å². The van der Waals surface area contributed by atoms with E-state index in [-0.39, 0.29) is 0 Å². The van der Waals surface area contributed by atoms with Gasteiger partial charge in [-0.15, -0.1) is 0 Å². The van der Waals surface area contributed by atoms with Crippen LogP contribution in [0.2, 0.25) is 5.02 Å². The summed E-state index contributed by atoms with van der Waals surface area (Å²) in [5.74, 6) is 0. The maximum absolute atomic E-state index is 5.89. The molecule has 1 atom stereocenters. The number of hydrogen-bond acceptors (Lipinski definition) is 1. The van der Waals surface area contributed by atoms with Crippen molar-refractivity contribution in [3.8, 4) is 0 Å². The molecule has 0 fully saturated rings. The molecule has 0 aliphatic carbocycles. The minimum atomic E-state index is 0.369. The second-order valence-corrected chi connectivity index (χ2v) is 5.88. The quantitative estimate of drug-likeness (QED) is 0.775. The predicted octanol–water partition coefficient (Wildman–Crippen LogP) is 5.34. The lowest BCUT2D eigenvalue weighted by Crippen LogP contribution is -2.20. The Labute approximate surface area is 128 Å². The second kappa shape index (κ2) is 7.09. The summed E-state index contributed by atoms with van der Waals surface area (Å²) in [6.07, 6.45) is 1.06. The van der Waals surface area contributed by atoms with Crippen LogP contribution in [0.1, 0.15) is 30.5 Å². The van der Waals surface area contributed by atoms with E-state index in [2.05, 4.69) is 64.6 Å². The summed E-state index contributed by atoms with van der Waals surface area (Å²) in [5.41, 5.74) is 2.56. The molecule has 1 N–H and O–H groups in total. The van der Waals surface area contributed by atoms with E-state index >= 15 is 0 Å². The Morgan fingerprint density at radius 3 is 2.53 bits per heavy atom. The van der Waals surface area contributed by atoms with Crippen molar-refractivity contribution in [2.45, 2.75) is 25.9 Å². The van der Waals surface area contributed by atoms with Crippen molar-refractivity contribution in [1.29, 1.82) is 0 Å². The van der Waals surface area contributed by atoms with Crippen LogP contribution in [0.15, 0.2) is 53.0 Å². The highest BCUT2D eigenvalue weighted by molar-refractivity contribution is 9.10. The van der Waals surface area contributed by atoms with Gasteiger partial charge < -0.3 is 5.32 Å². The molecule has 2 aromatic carbocycles. The van der Waals surface area contributed by atoms with Gasteiger partial charge in [-0.1, -0.05) is 58.7 Å². The Morgan fingerprint density at radius 2 is 1.89 bits per heavy atom. The molecule has 0 amide bonds. The molecule has 0 aliphatic rings. The first-order valence-corrected chi connectivity index (χ1v) is 7.59. The lowest BCUT2D eigenvalue weighted by molar-refractivity contribution is 0.519. The van der Waals surface area contributed by atoms with Gasteiger partial charge in [0.25, 0.3) is 0 Å². The van der Waals surface area contributed by atoms with Gasteiger partial charge >= 0.3 is 0 Å². The lowest BCUT2D eigenvalue weighted by Gasteiger charge is -2.18. The first-order valence-electron chi connectivity index (χ1n) is 6.42. The summed E-state index contributed by atoms with van der Waals surface area (Å²) >= 11 is 9.41. The molecule has 3 heteroatoms. The molecule has 0 radical (unpaired) electrons. The highest BCUT2D eigenvalue weighted by atomic mass is 79.9. The zero-order valence-corrected chi connectivity index (χ0v) is 13.2. The molecule has 100 valence electrons. The molecule has 1 unspecified atom stereocenters. The standard InChI is InChI=1S/C16H17BrClN/c1-2-16(13-4-3-5-14(17)10-13)19-11-12-6-8-15(18)9-7-12/h3-10,16,19H,2,11H2,1H3. The largest absolute Gasteiger partial charge is 0.306 e. The minimum absolute atomic E-state index is 0.369. The highest BCUT2D eigenvalue weighted by Gasteiger charge is 2.08. The van der Waals surface area contributed by atoms with Crippen molar-refractivity contribution in [2.24, 2.45) is 0 Å². The van der Waals surface area contributed by atoms with Crippen LogP contribution in [-0.2, 0) is 6.54 Å². The summed E-state index contributed by atoms with van der Waals surface area (Å²) in [5, 5.41) is 4.37. The zero-order chi connectivity index (χ0) is 13.7. The summed E-state index contributed by atoms with van der Waals surface area (Å²) in [6.45, 7) is 3.04. The van der Waals surface area contributed by atoms with Crippen LogP contribution in [0.4, 0.5) is 0 Å². The molecule has 2 aromatic rings. The lowest BCUT2D eigenvalue weighted by atomic mass is 10.0. The fraction of sp³-hybridized carbons (Fsp3) is 0.250. The van der Waals surface area contributed by atoms with E-state index in [1.807, 2.05) is 12.1 Å². The van der Waals surface area contributed by atoms with Crippen LogP contribution < -0.4 is 5.32 Å². The minimum Gasteiger partial charge on any atom is -0.306 e. The summed E-state index contributed by atoms with van der Waals surface area (Å²) in [4.78, 5) is 0. The SMILES string of the molecule is CCC(NCc1ccc(Cl)cc1)c1cccc(Br)c1. The van der Waals surface area contributed by atoms with E-state index < -0.39 is 0 Å². The Hall–Kier alpha value is -0.830. The maximum atomic E-state index is 5.89. The van der Waals surface area contributed by atoms with Crippen LogP contribution in [0.5, 0.6) is 0 Å². The first-order chi connectivity index (χ1) is 9.19. The van der Waals surface area contributed by atoms with Crippen molar-refractivity contribution < 1.29 is 0 Å². The number of nitrogens with one attached hydrogen (secondary N) is 1. The van der Waals surface area contributed by atoms with E-state index in [1.165, 1.54) is 11.1 Å². The van der Waals surface area contributed by atoms with Crippen molar-refractivity contribution in [3.05, 3.63) is 69.2 Å². The molecule has 0 saturated heterocycles. The third-order valence-electron chi connectivity index (χ3n) is 3.13. The summed E-state index contributed by atoms with van der Waals surface area (Å²) < 4.78 is 1.12. The predicted molar refractivity (Wildman–Crippen MR) is 85.5 cm³/mol. The van der Waals surface area contributed by atoms with E-state index in [9.17, 15) is 0 Å². The molecule has 0 heterocycles. The van der Waals surface area contributed by atoms with Gasteiger partial charge in [0.15, 0.2) is 0 Å². The van der Waals surface area contributed by atoms with Crippen LogP contribution in [-0.4, -0.2) is 0 Å². The van der Waals surface area contributed by atoms with Crippen molar-refractivity contribution in [3.63, 3.8) is 0 Å². The average Bonchev–Trinajstić information content (AvgIpc) is 2.42. The number of hydrogen-bond donors (Lipinski definition) is 1. The molecular weight excluding hydrogens is 322 g/mol. The summed E-state index contributed by atoms with van der Waals surface area (Å²) in [6, 6.07) is 16.8. The third kappa shape index (κ3) is 4.34. The molecule has 2 rings (SSSR count). The topological polar surface area (TPSA) is 12.0 Å².